The van der Waals surface area contributed by atoms with Gasteiger partial charge in [0.1, 0.15) is 0 Å². The molecular formula is C14H10ClNO3S. The molecule has 0 bridgehead atoms. The molecule has 0 aliphatic carbocycles. The Hall–Kier alpha value is -1.98. The second-order valence-corrected chi connectivity index (χ2v) is 5.95. The lowest BCUT2D eigenvalue weighted by Gasteiger charge is -2.01. The van der Waals surface area contributed by atoms with Gasteiger partial charge in [0, 0.05) is 16.8 Å². The molecule has 4 nitrogen and oxygen atoms in total. The lowest BCUT2D eigenvalue weighted by atomic mass is 10.2. The topological polar surface area (TPSA) is 63.6 Å². The van der Waals surface area contributed by atoms with E-state index in [1.807, 2.05) is 0 Å². The van der Waals surface area contributed by atoms with Gasteiger partial charge in [0.2, 0.25) is 0 Å². The van der Waals surface area contributed by atoms with Crippen LogP contribution in [0.15, 0.2) is 57.8 Å². The van der Waals surface area contributed by atoms with Gasteiger partial charge in [-0.25, -0.2) is 0 Å². The molecule has 102 valence electrons. The van der Waals surface area contributed by atoms with Crippen molar-refractivity contribution in [2.24, 2.45) is 4.40 Å². The molecule has 2 aromatic carbocycles. The monoisotopic (exact) mass is 307 g/mol. The minimum absolute atomic E-state index is 0.0840. The van der Waals surface area contributed by atoms with Gasteiger partial charge in [-0.15, -0.1) is 0 Å². The summed E-state index contributed by atoms with van der Waals surface area (Å²) in [6.07, 6.45) is 1.71. The van der Waals surface area contributed by atoms with Crippen LogP contribution in [0.25, 0.3) is 0 Å². The molecule has 0 unspecified atom stereocenters. The summed E-state index contributed by atoms with van der Waals surface area (Å²) in [7, 11) is -3.91. The molecule has 0 saturated carbocycles. The largest absolute Gasteiger partial charge is 0.298 e. The molecule has 0 aliphatic heterocycles. The second kappa shape index (κ2) is 5.98. The van der Waals surface area contributed by atoms with Crippen molar-refractivity contribution in [1.82, 2.24) is 0 Å². The maximum Gasteiger partial charge on any atom is 0.283 e. The quantitative estimate of drug-likeness (QED) is 0.644. The van der Waals surface area contributed by atoms with E-state index < -0.39 is 10.0 Å². The fourth-order valence-corrected chi connectivity index (χ4v) is 2.71. The van der Waals surface area contributed by atoms with Crippen molar-refractivity contribution in [2.45, 2.75) is 4.90 Å². The first-order valence-corrected chi connectivity index (χ1v) is 7.45. The molecule has 20 heavy (non-hydrogen) atoms. The van der Waals surface area contributed by atoms with Crippen LogP contribution >= 0.6 is 11.6 Å². The SMILES string of the molecule is O=Cc1ccccc1S(=O)(=O)/N=C/c1ccc(Cl)cc1. The summed E-state index contributed by atoms with van der Waals surface area (Å²) in [4.78, 5) is 10.7. The minimum atomic E-state index is -3.91. The lowest BCUT2D eigenvalue weighted by molar-refractivity contribution is 0.112. The predicted molar refractivity (Wildman–Crippen MR) is 78.1 cm³/mol. The summed E-state index contributed by atoms with van der Waals surface area (Å²) >= 11 is 5.74. The van der Waals surface area contributed by atoms with Crippen LogP contribution in [0.5, 0.6) is 0 Å². The molecule has 0 aromatic heterocycles. The first kappa shape index (κ1) is 14.4. The van der Waals surface area contributed by atoms with Crippen LogP contribution < -0.4 is 0 Å². The van der Waals surface area contributed by atoms with Crippen molar-refractivity contribution in [3.63, 3.8) is 0 Å². The third-order valence-corrected chi connectivity index (χ3v) is 4.10. The highest BCUT2D eigenvalue weighted by Crippen LogP contribution is 2.16. The summed E-state index contributed by atoms with van der Waals surface area (Å²) < 4.78 is 27.7. The first-order valence-electron chi connectivity index (χ1n) is 5.63. The van der Waals surface area contributed by atoms with Gasteiger partial charge < -0.3 is 0 Å². The lowest BCUT2D eigenvalue weighted by Crippen LogP contribution is -2.01. The molecule has 0 radical (unpaired) electrons. The third-order valence-electron chi connectivity index (χ3n) is 2.53. The highest BCUT2D eigenvalue weighted by molar-refractivity contribution is 7.90. The Kier molecular flexibility index (Phi) is 4.32. The number of rotatable bonds is 4. The Morgan fingerprint density at radius 3 is 2.30 bits per heavy atom. The number of halogens is 1. The maximum absolute atomic E-state index is 12.1. The Bertz CT molecular complexity index is 752. The van der Waals surface area contributed by atoms with E-state index in [2.05, 4.69) is 4.40 Å². The van der Waals surface area contributed by atoms with Crippen molar-refractivity contribution < 1.29 is 13.2 Å². The number of aldehydes is 1. The smallest absolute Gasteiger partial charge is 0.283 e. The number of nitrogens with zero attached hydrogens (tertiary/aromatic N) is 1. The highest BCUT2D eigenvalue weighted by atomic mass is 35.5. The van der Waals surface area contributed by atoms with E-state index in [-0.39, 0.29) is 10.5 Å². The zero-order valence-electron chi connectivity index (χ0n) is 10.2. The molecule has 0 spiro atoms. The molecule has 0 saturated heterocycles. The van der Waals surface area contributed by atoms with Crippen LogP contribution in [-0.4, -0.2) is 20.9 Å². The van der Waals surface area contributed by atoms with Gasteiger partial charge in [-0.05, 0) is 23.8 Å². The Morgan fingerprint density at radius 2 is 1.65 bits per heavy atom. The summed E-state index contributed by atoms with van der Waals surface area (Å²) in [5.41, 5.74) is 0.683. The molecule has 2 rings (SSSR count). The maximum atomic E-state index is 12.1. The Labute approximate surface area is 121 Å². The average molecular weight is 308 g/mol. The standard InChI is InChI=1S/C14H10ClNO3S/c15-13-7-5-11(6-8-13)9-16-20(18,19)14-4-2-1-3-12(14)10-17/h1-10H/b16-9+. The molecule has 6 heteroatoms. The average Bonchev–Trinajstić information content (AvgIpc) is 2.46. The van der Waals surface area contributed by atoms with E-state index in [1.165, 1.54) is 24.4 Å². The number of carbonyl (C=O) groups excluding carboxylic acids is 1. The van der Waals surface area contributed by atoms with Crippen molar-refractivity contribution in [2.75, 3.05) is 0 Å². The van der Waals surface area contributed by atoms with Crippen LogP contribution in [0.4, 0.5) is 0 Å². The van der Waals surface area contributed by atoms with Crippen molar-refractivity contribution in [3.8, 4) is 0 Å². The zero-order chi connectivity index (χ0) is 14.6. The summed E-state index contributed by atoms with van der Waals surface area (Å²) in [5.74, 6) is 0. The van der Waals surface area contributed by atoms with Crippen LogP contribution in [0, 0.1) is 0 Å². The molecule has 0 amide bonds. The van der Waals surface area contributed by atoms with Gasteiger partial charge in [-0.1, -0.05) is 41.9 Å². The zero-order valence-corrected chi connectivity index (χ0v) is 11.8. The van der Waals surface area contributed by atoms with Gasteiger partial charge in [-0.2, -0.15) is 12.8 Å². The Balaban J connectivity index is 2.36. The normalized spacial score (nSPS) is 11.7. The van der Waals surface area contributed by atoms with E-state index in [0.29, 0.717) is 16.9 Å². The molecule has 0 heterocycles. The van der Waals surface area contributed by atoms with Crippen molar-refractivity contribution in [3.05, 3.63) is 64.7 Å². The summed E-state index contributed by atoms with van der Waals surface area (Å²) in [6, 6.07) is 12.5. The molecule has 0 fully saturated rings. The van der Waals surface area contributed by atoms with Crippen LogP contribution in [0.1, 0.15) is 15.9 Å². The number of hydrogen-bond donors (Lipinski definition) is 0. The molecule has 0 N–H and O–H groups in total. The second-order valence-electron chi connectivity index (χ2n) is 3.92. The molecule has 0 aliphatic rings. The van der Waals surface area contributed by atoms with Crippen LogP contribution in [-0.2, 0) is 10.0 Å². The fraction of sp³-hybridized carbons (Fsp3) is 0. The Morgan fingerprint density at radius 1 is 1.00 bits per heavy atom. The van der Waals surface area contributed by atoms with E-state index in [1.54, 1.807) is 30.3 Å². The van der Waals surface area contributed by atoms with Gasteiger partial charge in [0.25, 0.3) is 10.0 Å². The van der Waals surface area contributed by atoms with E-state index in [4.69, 9.17) is 11.6 Å². The predicted octanol–water partition coefficient (Wildman–Crippen LogP) is 2.96. The number of benzene rings is 2. The minimum Gasteiger partial charge on any atom is -0.298 e. The van der Waals surface area contributed by atoms with Gasteiger partial charge in [0.05, 0.1) is 4.90 Å². The van der Waals surface area contributed by atoms with E-state index in [0.717, 1.165) is 0 Å². The number of hydrogen-bond acceptors (Lipinski definition) is 3. The van der Waals surface area contributed by atoms with E-state index in [9.17, 15) is 13.2 Å². The van der Waals surface area contributed by atoms with Crippen LogP contribution in [0.3, 0.4) is 0 Å². The number of sulfonamides is 1. The first-order chi connectivity index (χ1) is 9.53. The molecule has 2 aromatic rings. The van der Waals surface area contributed by atoms with Crippen molar-refractivity contribution >= 4 is 34.1 Å². The van der Waals surface area contributed by atoms with Crippen molar-refractivity contribution in [1.29, 1.82) is 0 Å². The van der Waals surface area contributed by atoms with Crippen LogP contribution in [0.2, 0.25) is 5.02 Å². The summed E-state index contributed by atoms with van der Waals surface area (Å²) in [6.45, 7) is 0. The fourth-order valence-electron chi connectivity index (χ4n) is 1.55. The third kappa shape index (κ3) is 3.31. The molecular weight excluding hydrogens is 298 g/mol. The molecule has 0 atom stereocenters. The van der Waals surface area contributed by atoms with Gasteiger partial charge in [-0.3, -0.25) is 4.79 Å². The highest BCUT2D eigenvalue weighted by Gasteiger charge is 2.15. The summed E-state index contributed by atoms with van der Waals surface area (Å²) in [5, 5.41) is 0.552. The van der Waals surface area contributed by atoms with E-state index >= 15 is 0 Å². The number of carbonyl (C=O) groups is 1. The van der Waals surface area contributed by atoms with Gasteiger partial charge >= 0.3 is 0 Å². The van der Waals surface area contributed by atoms with Gasteiger partial charge in [0.15, 0.2) is 6.29 Å².